The van der Waals surface area contributed by atoms with Crippen molar-refractivity contribution in [2.24, 2.45) is 11.1 Å². The average molecular weight is 207 g/mol. The molecule has 0 radical (unpaired) electrons. The lowest BCUT2D eigenvalue weighted by atomic mass is 9.88. The van der Waals surface area contributed by atoms with Gasteiger partial charge in [-0.3, -0.25) is 4.79 Å². The van der Waals surface area contributed by atoms with Gasteiger partial charge < -0.3 is 10.5 Å². The Hall–Kier alpha value is -1.84. The zero-order chi connectivity index (χ0) is 11.6. The number of ketones is 1. The summed E-state index contributed by atoms with van der Waals surface area (Å²) < 4.78 is 4.73. The molecular formula is C11H13NO3. The maximum Gasteiger partial charge on any atom is 0.338 e. The van der Waals surface area contributed by atoms with Gasteiger partial charge in [-0.1, -0.05) is 6.08 Å². The quantitative estimate of drug-likeness (QED) is 0.426. The van der Waals surface area contributed by atoms with Gasteiger partial charge in [-0.15, -0.1) is 6.58 Å². The second-order valence-electron chi connectivity index (χ2n) is 3.82. The van der Waals surface area contributed by atoms with Crippen LogP contribution in [0.5, 0.6) is 0 Å². The van der Waals surface area contributed by atoms with Crippen molar-refractivity contribution >= 4 is 11.8 Å². The number of carbonyl (C=O) groups is 2. The summed E-state index contributed by atoms with van der Waals surface area (Å²) in [4.78, 5) is 22.5. The van der Waals surface area contributed by atoms with E-state index in [1.54, 1.807) is 13.8 Å². The Kier molecular flexibility index (Phi) is 2.79. The number of allylic oxidation sites excluding steroid dienone is 2. The van der Waals surface area contributed by atoms with Gasteiger partial charge in [-0.05, 0) is 13.8 Å². The first kappa shape index (κ1) is 11.2. The minimum atomic E-state index is -0.692. The minimum absolute atomic E-state index is 0.111. The molecule has 0 aromatic rings. The largest absolute Gasteiger partial charge is 0.421 e. The van der Waals surface area contributed by atoms with Crippen molar-refractivity contribution in [3.05, 3.63) is 36.3 Å². The van der Waals surface area contributed by atoms with Gasteiger partial charge in [0, 0.05) is 11.5 Å². The molecule has 2 N–H and O–H groups in total. The first-order valence-electron chi connectivity index (χ1n) is 4.46. The highest BCUT2D eigenvalue weighted by Crippen LogP contribution is 2.22. The predicted molar refractivity (Wildman–Crippen MR) is 55.4 cm³/mol. The Morgan fingerprint density at radius 1 is 1.60 bits per heavy atom. The van der Waals surface area contributed by atoms with Crippen molar-refractivity contribution < 1.29 is 14.3 Å². The van der Waals surface area contributed by atoms with Gasteiger partial charge in [0.2, 0.25) is 0 Å². The molecular weight excluding hydrogens is 194 g/mol. The molecule has 15 heavy (non-hydrogen) atoms. The fourth-order valence-electron chi connectivity index (χ4n) is 0.913. The number of hydrogen-bond donors (Lipinski definition) is 1. The molecule has 1 rings (SSSR count). The Labute approximate surface area is 88.1 Å². The summed E-state index contributed by atoms with van der Waals surface area (Å²) in [5.74, 6) is -0.651. The number of carbonyl (C=O) groups excluding carboxylic acids is 2. The Morgan fingerprint density at radius 3 is 2.60 bits per heavy atom. The van der Waals surface area contributed by atoms with Crippen LogP contribution in [0.1, 0.15) is 13.8 Å². The lowest BCUT2D eigenvalue weighted by molar-refractivity contribution is -0.132. The van der Waals surface area contributed by atoms with Crippen LogP contribution in [-0.4, -0.2) is 11.8 Å². The molecule has 80 valence electrons. The van der Waals surface area contributed by atoms with Crippen LogP contribution < -0.4 is 5.73 Å². The molecule has 4 nitrogen and oxygen atoms in total. The molecule has 0 aliphatic carbocycles. The summed E-state index contributed by atoms with van der Waals surface area (Å²) in [5.41, 5.74) is 4.95. The monoisotopic (exact) mass is 207 g/mol. The molecule has 0 amide bonds. The van der Waals surface area contributed by atoms with Crippen LogP contribution in [0.15, 0.2) is 36.3 Å². The van der Waals surface area contributed by atoms with E-state index < -0.39 is 11.4 Å². The van der Waals surface area contributed by atoms with Crippen LogP contribution in [-0.2, 0) is 14.3 Å². The molecule has 0 spiro atoms. The number of hydrogen-bond acceptors (Lipinski definition) is 4. The Bertz CT molecular complexity index is 389. The highest BCUT2D eigenvalue weighted by molar-refractivity contribution is 5.98. The predicted octanol–water partition coefficient (Wildman–Crippen LogP) is 1.05. The van der Waals surface area contributed by atoms with Crippen molar-refractivity contribution in [1.29, 1.82) is 0 Å². The molecule has 0 unspecified atom stereocenters. The van der Waals surface area contributed by atoms with Crippen LogP contribution >= 0.6 is 0 Å². The van der Waals surface area contributed by atoms with Gasteiger partial charge in [-0.25, -0.2) is 4.79 Å². The summed E-state index contributed by atoms with van der Waals surface area (Å²) in [5, 5.41) is 0. The molecule has 0 bridgehead atoms. The molecule has 0 saturated heterocycles. The SMILES string of the molecule is C=CC(C)(C)C(=O)/C=C1\OC(=O)C=C1N. The smallest absolute Gasteiger partial charge is 0.338 e. The number of cyclic esters (lactones) is 1. The number of rotatable bonds is 3. The average Bonchev–Trinajstić information content (AvgIpc) is 2.45. The minimum Gasteiger partial charge on any atom is -0.421 e. The third-order valence-electron chi connectivity index (χ3n) is 2.18. The molecule has 0 atom stereocenters. The standard InChI is InChI=1S/C11H13NO3/c1-4-11(2,3)9(13)6-8-7(12)5-10(14)15-8/h4-6H,1,12H2,2-3H3/b8-6-. The van der Waals surface area contributed by atoms with E-state index in [0.717, 1.165) is 6.08 Å². The molecule has 0 fully saturated rings. The maximum absolute atomic E-state index is 11.7. The molecule has 4 heteroatoms. The summed E-state index contributed by atoms with van der Waals surface area (Å²) in [6.45, 7) is 6.99. The summed E-state index contributed by atoms with van der Waals surface area (Å²) in [6, 6.07) is 0. The van der Waals surface area contributed by atoms with Crippen LogP contribution in [0.4, 0.5) is 0 Å². The summed E-state index contributed by atoms with van der Waals surface area (Å²) >= 11 is 0. The number of nitrogens with two attached hydrogens (primary N) is 1. The number of ether oxygens (including phenoxy) is 1. The van der Waals surface area contributed by atoms with Crippen molar-refractivity contribution in [2.45, 2.75) is 13.8 Å². The van der Waals surface area contributed by atoms with Crippen LogP contribution in [0.2, 0.25) is 0 Å². The van der Waals surface area contributed by atoms with Gasteiger partial charge in [0.1, 0.15) is 0 Å². The van der Waals surface area contributed by atoms with E-state index in [1.807, 2.05) is 0 Å². The van der Waals surface area contributed by atoms with Crippen LogP contribution in [0, 0.1) is 5.41 Å². The third kappa shape index (κ3) is 2.34. The molecule has 1 aliphatic heterocycles. The first-order valence-corrected chi connectivity index (χ1v) is 4.46. The Balaban J connectivity index is 2.91. The summed E-state index contributed by atoms with van der Waals surface area (Å²) in [6.07, 6.45) is 3.89. The molecule has 1 heterocycles. The second kappa shape index (κ2) is 3.73. The Morgan fingerprint density at radius 2 is 2.20 bits per heavy atom. The van der Waals surface area contributed by atoms with Crippen molar-refractivity contribution in [3.63, 3.8) is 0 Å². The second-order valence-corrected chi connectivity index (χ2v) is 3.82. The molecule has 0 aromatic heterocycles. The summed E-state index contributed by atoms with van der Waals surface area (Å²) in [7, 11) is 0. The molecule has 1 aliphatic rings. The topological polar surface area (TPSA) is 69.4 Å². The zero-order valence-corrected chi connectivity index (χ0v) is 8.74. The highest BCUT2D eigenvalue weighted by atomic mass is 16.5. The van der Waals surface area contributed by atoms with E-state index in [0.29, 0.717) is 0 Å². The first-order chi connectivity index (χ1) is 6.86. The maximum atomic E-state index is 11.7. The molecule has 0 aromatic carbocycles. The van der Waals surface area contributed by atoms with Gasteiger partial charge in [0.15, 0.2) is 11.5 Å². The van der Waals surface area contributed by atoms with Gasteiger partial charge in [0.05, 0.1) is 11.8 Å². The molecule has 0 saturated carbocycles. The van der Waals surface area contributed by atoms with Crippen molar-refractivity contribution in [2.75, 3.05) is 0 Å². The van der Waals surface area contributed by atoms with Crippen LogP contribution in [0.25, 0.3) is 0 Å². The zero-order valence-electron chi connectivity index (χ0n) is 8.74. The van der Waals surface area contributed by atoms with E-state index >= 15 is 0 Å². The lowest BCUT2D eigenvalue weighted by Crippen LogP contribution is -2.20. The van der Waals surface area contributed by atoms with E-state index in [2.05, 4.69) is 6.58 Å². The van der Waals surface area contributed by atoms with Crippen molar-refractivity contribution in [1.82, 2.24) is 0 Å². The van der Waals surface area contributed by atoms with E-state index in [-0.39, 0.29) is 17.2 Å². The third-order valence-corrected chi connectivity index (χ3v) is 2.18. The number of esters is 1. The van der Waals surface area contributed by atoms with Gasteiger partial charge in [-0.2, -0.15) is 0 Å². The van der Waals surface area contributed by atoms with Gasteiger partial charge >= 0.3 is 5.97 Å². The highest BCUT2D eigenvalue weighted by Gasteiger charge is 2.25. The lowest BCUT2D eigenvalue weighted by Gasteiger charge is -2.15. The van der Waals surface area contributed by atoms with E-state index in [9.17, 15) is 9.59 Å². The van der Waals surface area contributed by atoms with Crippen molar-refractivity contribution in [3.8, 4) is 0 Å². The van der Waals surface area contributed by atoms with E-state index in [4.69, 9.17) is 10.5 Å². The fourth-order valence-corrected chi connectivity index (χ4v) is 0.913. The van der Waals surface area contributed by atoms with Crippen LogP contribution in [0.3, 0.4) is 0 Å². The normalized spacial score (nSPS) is 18.7. The van der Waals surface area contributed by atoms with E-state index in [1.165, 1.54) is 12.2 Å². The fraction of sp³-hybridized carbons (Fsp3) is 0.273. The van der Waals surface area contributed by atoms with Gasteiger partial charge in [0.25, 0.3) is 0 Å².